The molecule has 62 heavy (non-hydrogen) atoms. The highest BCUT2D eigenvalue weighted by atomic mass is 32.1. The van der Waals surface area contributed by atoms with Crippen molar-refractivity contribution < 1.29 is 0 Å². The fourth-order valence-corrected chi connectivity index (χ4v) is 14.3. The summed E-state index contributed by atoms with van der Waals surface area (Å²) in [5, 5.41) is 4.14. The number of nitrogens with zero attached hydrogens (tertiary/aromatic N) is 1. The molecule has 1 radical (unpaired) electrons. The van der Waals surface area contributed by atoms with E-state index < -0.39 is 0 Å². The standard InChI is InChI=1S/C57H54BN2S2/c1-31(27-42-32(2)55(4,5)25-26-56(42,6)7)33(3)60-45-28-39-34-17-10-13-22-41(34)57(8,9)43(39)30-44(45)58-51-46(60)29-40-35-18-11-14-23-47(35)61-53(40)50(51)38-21-16-20-37-49-36-19-12-15-24-48(36)62-54(49)59-52(37)38/h10-11,13-15,17-18,21-24,27-30,59H,3,12,16,19-20,25-26H2,1-2,4-9H3/b31-27-. The summed E-state index contributed by atoms with van der Waals surface area (Å²) in [5.41, 5.74) is 22.9. The van der Waals surface area contributed by atoms with Gasteiger partial charge >= 0.3 is 0 Å². The lowest BCUT2D eigenvalue weighted by Gasteiger charge is -2.42. The van der Waals surface area contributed by atoms with Gasteiger partial charge in [0.05, 0.1) is 5.69 Å². The molecule has 0 bridgehead atoms. The Bertz CT molecular complexity index is 3290. The van der Waals surface area contributed by atoms with Crippen LogP contribution in [0.5, 0.6) is 0 Å². The monoisotopic (exact) mass is 841 g/mol. The maximum Gasteiger partial charge on any atom is 0.197 e. The zero-order chi connectivity index (χ0) is 42.6. The van der Waals surface area contributed by atoms with E-state index in [0.29, 0.717) is 0 Å². The van der Waals surface area contributed by atoms with Crippen molar-refractivity contribution in [2.24, 2.45) is 10.8 Å². The summed E-state index contributed by atoms with van der Waals surface area (Å²) in [6.07, 6.45) is 16.5. The Hall–Kier alpha value is -5.10. The fraction of sp³-hybridized carbons (Fsp3) is 0.298. The first kappa shape index (κ1) is 38.6. The van der Waals surface area contributed by atoms with Gasteiger partial charge in [-0.15, -0.1) is 22.7 Å². The van der Waals surface area contributed by atoms with Crippen molar-refractivity contribution >= 4 is 94.3 Å². The van der Waals surface area contributed by atoms with E-state index in [1.807, 2.05) is 22.7 Å². The van der Waals surface area contributed by atoms with Gasteiger partial charge in [-0.3, -0.25) is 0 Å². The number of aromatic amines is 1. The molecule has 1 aliphatic heterocycles. The normalized spacial score (nSPS) is 19.2. The van der Waals surface area contributed by atoms with Crippen LogP contribution in [-0.4, -0.2) is 12.3 Å². The summed E-state index contributed by atoms with van der Waals surface area (Å²) in [6.45, 7) is 24.3. The summed E-state index contributed by atoms with van der Waals surface area (Å²) in [6, 6.07) is 25.6. The van der Waals surface area contributed by atoms with Crippen LogP contribution in [0, 0.1) is 10.8 Å². The maximum absolute atomic E-state index is 5.09. The Morgan fingerprint density at radius 1 is 0.823 bits per heavy atom. The zero-order valence-electron chi connectivity index (χ0n) is 37.5. The van der Waals surface area contributed by atoms with Crippen molar-refractivity contribution in [2.75, 3.05) is 4.90 Å². The van der Waals surface area contributed by atoms with Crippen molar-refractivity contribution in [3.05, 3.63) is 152 Å². The van der Waals surface area contributed by atoms with E-state index in [1.54, 1.807) is 5.56 Å². The van der Waals surface area contributed by atoms with Gasteiger partial charge in [-0.1, -0.05) is 126 Å². The number of fused-ring (bicyclic) bond motifs is 13. The van der Waals surface area contributed by atoms with Crippen molar-refractivity contribution in [3.8, 4) is 11.1 Å². The second-order valence-electron chi connectivity index (χ2n) is 20.6. The van der Waals surface area contributed by atoms with Crippen LogP contribution >= 0.6 is 22.7 Å². The summed E-state index contributed by atoms with van der Waals surface area (Å²) in [5.74, 6) is 0. The van der Waals surface area contributed by atoms with Gasteiger partial charge in [0.15, 0.2) is 7.28 Å². The zero-order valence-corrected chi connectivity index (χ0v) is 39.1. The minimum Gasteiger partial charge on any atom is -0.346 e. The smallest absolute Gasteiger partial charge is 0.197 e. The SMILES string of the molecule is C=C(/C(C)=C\C1=C(C)C(C)(C)CCC1(C)C)N1c2cc3c(cc2[B]c2c1cc1c(sc4ccccc41)c2C1=CCCc2c1[nH]c1sc4c(c21)CCC=C4)C(C)(C)c1ccccc1-3. The van der Waals surface area contributed by atoms with E-state index >= 15 is 0 Å². The molecular weight excluding hydrogens is 788 g/mol. The third-order valence-electron chi connectivity index (χ3n) is 15.8. The number of aryl methyl sites for hydroxylation is 2. The molecule has 0 atom stereocenters. The van der Waals surface area contributed by atoms with Crippen molar-refractivity contribution in [1.29, 1.82) is 0 Å². The number of hydrogen-bond acceptors (Lipinski definition) is 3. The van der Waals surface area contributed by atoms with Crippen molar-refractivity contribution in [3.63, 3.8) is 0 Å². The first-order valence-electron chi connectivity index (χ1n) is 22.8. The first-order valence-corrected chi connectivity index (χ1v) is 24.4. The van der Waals surface area contributed by atoms with Crippen LogP contribution < -0.4 is 15.8 Å². The second-order valence-corrected chi connectivity index (χ2v) is 22.7. The molecule has 307 valence electrons. The predicted octanol–water partition coefficient (Wildman–Crippen LogP) is 15.0. The van der Waals surface area contributed by atoms with Crippen LogP contribution in [0.25, 0.3) is 53.2 Å². The lowest BCUT2D eigenvalue weighted by atomic mass is 9.57. The number of nitrogens with one attached hydrogen (secondary N) is 1. The van der Waals surface area contributed by atoms with Crippen LogP contribution in [0.4, 0.5) is 11.4 Å². The molecule has 4 aliphatic carbocycles. The highest BCUT2D eigenvalue weighted by Crippen LogP contribution is 2.54. The van der Waals surface area contributed by atoms with Gasteiger partial charge in [0.1, 0.15) is 4.83 Å². The fourth-order valence-electron chi connectivity index (χ4n) is 11.9. The molecule has 4 aromatic carbocycles. The van der Waals surface area contributed by atoms with Crippen LogP contribution in [0.1, 0.15) is 119 Å². The minimum absolute atomic E-state index is 0.0855. The molecule has 0 fully saturated rings. The number of hydrogen-bond donors (Lipinski definition) is 1. The van der Waals surface area contributed by atoms with Crippen LogP contribution in [-0.2, 0) is 18.3 Å². The Kier molecular flexibility index (Phi) is 8.22. The predicted molar refractivity (Wildman–Crippen MR) is 272 cm³/mol. The Balaban J connectivity index is 1.14. The van der Waals surface area contributed by atoms with E-state index in [4.69, 9.17) is 6.58 Å². The number of allylic oxidation sites excluding steroid dienone is 6. The average molecular weight is 842 g/mol. The van der Waals surface area contributed by atoms with Crippen LogP contribution in [0.2, 0.25) is 0 Å². The van der Waals surface area contributed by atoms with Gasteiger partial charge in [-0.2, -0.15) is 0 Å². The molecule has 1 N–H and O–H groups in total. The van der Waals surface area contributed by atoms with Crippen molar-refractivity contribution in [2.45, 2.75) is 99.3 Å². The molecule has 5 heteroatoms. The topological polar surface area (TPSA) is 19.0 Å². The average Bonchev–Trinajstić information content (AvgIpc) is 3.99. The third-order valence-corrected chi connectivity index (χ3v) is 18.1. The summed E-state index contributed by atoms with van der Waals surface area (Å²) in [4.78, 5) is 9.40. The Morgan fingerprint density at radius 2 is 1.60 bits per heavy atom. The number of H-pyrrole nitrogens is 1. The summed E-state index contributed by atoms with van der Waals surface area (Å²) in [7, 11) is 2.54. The Labute approximate surface area is 375 Å². The van der Waals surface area contributed by atoms with Crippen LogP contribution in [0.3, 0.4) is 0 Å². The summed E-state index contributed by atoms with van der Waals surface area (Å²) >= 11 is 3.89. The quantitative estimate of drug-likeness (QED) is 0.138. The summed E-state index contributed by atoms with van der Waals surface area (Å²) < 4.78 is 2.70. The third kappa shape index (κ3) is 5.34. The van der Waals surface area contributed by atoms with E-state index in [2.05, 4.69) is 164 Å². The molecular formula is C57H54BN2S2. The van der Waals surface area contributed by atoms with E-state index in [-0.39, 0.29) is 16.2 Å². The molecule has 3 aromatic heterocycles. The molecule has 0 spiro atoms. The largest absolute Gasteiger partial charge is 0.346 e. The van der Waals surface area contributed by atoms with Crippen molar-refractivity contribution in [1.82, 2.24) is 4.98 Å². The van der Waals surface area contributed by atoms with E-state index in [1.165, 1.54) is 132 Å². The molecule has 5 aliphatic rings. The van der Waals surface area contributed by atoms with E-state index in [9.17, 15) is 0 Å². The van der Waals surface area contributed by atoms with Gasteiger partial charge in [0, 0.05) is 58.5 Å². The molecule has 7 aromatic rings. The molecule has 12 rings (SSSR count). The van der Waals surface area contributed by atoms with Gasteiger partial charge in [0.2, 0.25) is 0 Å². The lowest BCUT2D eigenvalue weighted by Crippen LogP contribution is -2.43. The van der Waals surface area contributed by atoms with Gasteiger partial charge in [-0.05, 0) is 143 Å². The second kappa shape index (κ2) is 13.2. The highest BCUT2D eigenvalue weighted by molar-refractivity contribution is 7.26. The van der Waals surface area contributed by atoms with Gasteiger partial charge < -0.3 is 9.88 Å². The molecule has 2 nitrogen and oxygen atoms in total. The Morgan fingerprint density at radius 3 is 2.45 bits per heavy atom. The molecule has 4 heterocycles. The number of benzene rings is 4. The van der Waals surface area contributed by atoms with Crippen LogP contribution in [0.15, 0.2) is 114 Å². The molecule has 0 saturated heterocycles. The molecule has 0 saturated carbocycles. The van der Waals surface area contributed by atoms with Gasteiger partial charge in [0.25, 0.3) is 0 Å². The maximum atomic E-state index is 5.09. The highest BCUT2D eigenvalue weighted by Gasteiger charge is 2.41. The van der Waals surface area contributed by atoms with Gasteiger partial charge in [-0.25, -0.2) is 0 Å². The molecule has 0 amide bonds. The number of thiophene rings is 2. The lowest BCUT2D eigenvalue weighted by molar-refractivity contribution is 0.267. The minimum atomic E-state index is -0.112. The van der Waals surface area contributed by atoms with E-state index in [0.717, 1.165) is 31.4 Å². The number of aromatic nitrogens is 1. The first-order chi connectivity index (χ1) is 29.7. The number of rotatable bonds is 4. The number of anilines is 2. The molecule has 0 unspecified atom stereocenters.